The highest BCUT2D eigenvalue weighted by Crippen LogP contribution is 2.41. The van der Waals surface area contributed by atoms with Crippen LogP contribution in [0.1, 0.15) is 42.5 Å². The molecule has 0 spiro atoms. The highest BCUT2D eigenvalue weighted by molar-refractivity contribution is 7.92. The van der Waals surface area contributed by atoms with Gasteiger partial charge < -0.3 is 14.4 Å². The number of carbonyl (C=O) groups is 2. The lowest BCUT2D eigenvalue weighted by Crippen LogP contribution is -2.46. The molecular weight excluding hydrogens is 456 g/mol. The van der Waals surface area contributed by atoms with Crippen molar-refractivity contribution in [3.63, 3.8) is 0 Å². The second-order valence-electron chi connectivity index (χ2n) is 8.77. The third-order valence-corrected chi connectivity index (χ3v) is 8.77. The van der Waals surface area contributed by atoms with Gasteiger partial charge in [-0.2, -0.15) is 0 Å². The SMILES string of the molecule is COC(=O)C1CC2CCCCC2N1C(=O)c1ccc(S(=O)(=O)N(C)c2ccccc2OC)cc1. The lowest BCUT2D eigenvalue weighted by Gasteiger charge is -2.33. The minimum atomic E-state index is -3.88. The van der Waals surface area contributed by atoms with Gasteiger partial charge in [0.1, 0.15) is 11.8 Å². The van der Waals surface area contributed by atoms with Crippen molar-refractivity contribution in [1.29, 1.82) is 0 Å². The molecule has 2 aromatic rings. The van der Waals surface area contributed by atoms with E-state index in [4.69, 9.17) is 9.47 Å². The van der Waals surface area contributed by atoms with E-state index < -0.39 is 22.0 Å². The largest absolute Gasteiger partial charge is 0.495 e. The van der Waals surface area contributed by atoms with Crippen LogP contribution in [0.15, 0.2) is 53.4 Å². The number of sulfonamides is 1. The Balaban J connectivity index is 1.60. The number of hydrogen-bond donors (Lipinski definition) is 0. The Bertz CT molecular complexity index is 1160. The molecule has 1 saturated heterocycles. The van der Waals surface area contributed by atoms with E-state index in [2.05, 4.69) is 0 Å². The molecule has 1 heterocycles. The molecule has 8 nitrogen and oxygen atoms in total. The number of fused-ring (bicyclic) bond motifs is 1. The number of benzene rings is 2. The quantitative estimate of drug-likeness (QED) is 0.581. The van der Waals surface area contributed by atoms with E-state index in [9.17, 15) is 18.0 Å². The van der Waals surface area contributed by atoms with Crippen molar-refractivity contribution in [2.24, 2.45) is 5.92 Å². The summed E-state index contributed by atoms with van der Waals surface area (Å²) in [5, 5.41) is 0. The average molecular weight is 487 g/mol. The van der Waals surface area contributed by atoms with Crippen LogP contribution in [0, 0.1) is 5.92 Å². The lowest BCUT2D eigenvalue weighted by atomic mass is 9.84. The molecule has 1 aliphatic heterocycles. The minimum Gasteiger partial charge on any atom is -0.495 e. The summed E-state index contributed by atoms with van der Waals surface area (Å²) in [5.41, 5.74) is 0.755. The number of methoxy groups -OCH3 is 2. The number of esters is 1. The van der Waals surface area contributed by atoms with Crippen LogP contribution < -0.4 is 9.04 Å². The Kier molecular flexibility index (Phi) is 6.84. The van der Waals surface area contributed by atoms with E-state index >= 15 is 0 Å². The number of anilines is 1. The average Bonchev–Trinajstić information content (AvgIpc) is 3.27. The molecule has 0 bridgehead atoms. The Morgan fingerprint density at radius 2 is 1.68 bits per heavy atom. The summed E-state index contributed by atoms with van der Waals surface area (Å²) in [6.07, 6.45) is 4.59. The molecule has 2 fully saturated rings. The summed E-state index contributed by atoms with van der Waals surface area (Å²) in [6, 6.07) is 12.1. The molecule has 2 aliphatic rings. The number of carbonyl (C=O) groups excluding carboxylic acids is 2. The Hall–Kier alpha value is -3.07. The van der Waals surface area contributed by atoms with Crippen molar-refractivity contribution in [1.82, 2.24) is 4.90 Å². The molecule has 182 valence electrons. The number of ether oxygens (including phenoxy) is 2. The van der Waals surface area contributed by atoms with Gasteiger partial charge in [0.05, 0.1) is 24.8 Å². The standard InChI is InChI=1S/C25H30N2O6S/c1-26(21-10-6-7-11-23(21)32-2)34(30,31)19-14-12-17(13-15-19)24(28)27-20-9-5-4-8-18(20)16-22(27)25(29)33-3/h6-7,10-15,18,20,22H,4-5,8-9,16H2,1-3H3. The molecule has 1 saturated carbocycles. The van der Waals surface area contributed by atoms with Crippen molar-refractivity contribution in [2.75, 3.05) is 25.6 Å². The van der Waals surface area contributed by atoms with Gasteiger partial charge in [0, 0.05) is 18.7 Å². The first-order valence-electron chi connectivity index (χ1n) is 11.4. The van der Waals surface area contributed by atoms with E-state index in [1.807, 2.05) is 0 Å². The third-order valence-electron chi connectivity index (χ3n) is 6.98. The fourth-order valence-corrected chi connectivity index (χ4v) is 6.40. The number of nitrogens with zero attached hydrogens (tertiary/aromatic N) is 2. The molecule has 1 amide bonds. The molecule has 9 heteroatoms. The van der Waals surface area contributed by atoms with Gasteiger partial charge in [0.2, 0.25) is 0 Å². The van der Waals surface area contributed by atoms with Gasteiger partial charge in [-0.3, -0.25) is 9.10 Å². The van der Waals surface area contributed by atoms with Gasteiger partial charge in [-0.05, 0) is 61.6 Å². The van der Waals surface area contributed by atoms with Gasteiger partial charge in [0.25, 0.3) is 15.9 Å². The van der Waals surface area contributed by atoms with Crippen molar-refractivity contribution in [3.8, 4) is 5.75 Å². The van der Waals surface area contributed by atoms with E-state index in [0.29, 0.717) is 23.4 Å². The van der Waals surface area contributed by atoms with Gasteiger partial charge in [-0.1, -0.05) is 25.0 Å². The highest BCUT2D eigenvalue weighted by atomic mass is 32.2. The van der Waals surface area contributed by atoms with Crippen molar-refractivity contribution < 1.29 is 27.5 Å². The van der Waals surface area contributed by atoms with Crippen molar-refractivity contribution in [2.45, 2.75) is 49.1 Å². The third kappa shape index (κ3) is 4.24. The number of rotatable bonds is 6. The maximum atomic E-state index is 13.5. The number of para-hydroxylation sites is 2. The van der Waals surface area contributed by atoms with E-state index in [-0.39, 0.29) is 22.8 Å². The molecule has 1 aliphatic carbocycles. The second-order valence-corrected chi connectivity index (χ2v) is 10.7. The molecular formula is C25H30N2O6S. The van der Waals surface area contributed by atoms with Crippen LogP contribution in [0.2, 0.25) is 0 Å². The topological polar surface area (TPSA) is 93.2 Å². The maximum Gasteiger partial charge on any atom is 0.328 e. The smallest absolute Gasteiger partial charge is 0.328 e. The van der Waals surface area contributed by atoms with E-state index in [1.54, 1.807) is 29.2 Å². The molecule has 2 aromatic carbocycles. The molecule has 3 atom stereocenters. The van der Waals surface area contributed by atoms with Crippen LogP contribution in [-0.2, 0) is 19.6 Å². The van der Waals surface area contributed by atoms with Crippen LogP contribution in [0.4, 0.5) is 5.69 Å². The first-order valence-corrected chi connectivity index (χ1v) is 12.9. The molecule has 3 unspecified atom stereocenters. The van der Waals surface area contributed by atoms with Gasteiger partial charge >= 0.3 is 5.97 Å². The minimum absolute atomic E-state index is 0.00504. The molecule has 34 heavy (non-hydrogen) atoms. The highest BCUT2D eigenvalue weighted by Gasteiger charge is 2.48. The van der Waals surface area contributed by atoms with Gasteiger partial charge in [-0.25, -0.2) is 13.2 Å². The number of likely N-dealkylation sites (tertiary alicyclic amines) is 1. The van der Waals surface area contributed by atoms with Crippen molar-refractivity contribution >= 4 is 27.6 Å². The molecule has 0 radical (unpaired) electrons. The first kappa shape index (κ1) is 24.1. The van der Waals surface area contributed by atoms with E-state index in [1.165, 1.54) is 45.5 Å². The summed E-state index contributed by atoms with van der Waals surface area (Å²) in [4.78, 5) is 27.6. The zero-order valence-corrected chi connectivity index (χ0v) is 20.5. The first-order chi connectivity index (χ1) is 16.3. The molecule has 0 N–H and O–H groups in total. The fourth-order valence-electron chi connectivity index (χ4n) is 5.19. The second kappa shape index (κ2) is 9.66. The predicted molar refractivity (Wildman–Crippen MR) is 127 cm³/mol. The Morgan fingerprint density at radius 1 is 1.00 bits per heavy atom. The maximum absolute atomic E-state index is 13.5. The summed E-state index contributed by atoms with van der Waals surface area (Å²) >= 11 is 0. The zero-order chi connectivity index (χ0) is 24.5. The van der Waals surface area contributed by atoms with Crippen molar-refractivity contribution in [3.05, 3.63) is 54.1 Å². The number of amides is 1. The van der Waals surface area contributed by atoms with Gasteiger partial charge in [0.15, 0.2) is 0 Å². The summed E-state index contributed by atoms with van der Waals surface area (Å²) in [5.74, 6) is 0.0495. The predicted octanol–water partition coefficient (Wildman–Crippen LogP) is 3.47. The normalized spacial score (nSPS) is 22.1. The van der Waals surface area contributed by atoms with Crippen LogP contribution in [0.3, 0.4) is 0 Å². The Labute approximate surface area is 200 Å². The molecule has 4 rings (SSSR count). The van der Waals surface area contributed by atoms with Crippen LogP contribution in [-0.4, -0.2) is 58.5 Å². The summed E-state index contributed by atoms with van der Waals surface area (Å²) < 4.78 is 37.9. The zero-order valence-electron chi connectivity index (χ0n) is 19.6. The van der Waals surface area contributed by atoms with Crippen LogP contribution in [0.25, 0.3) is 0 Å². The summed E-state index contributed by atoms with van der Waals surface area (Å²) in [6.45, 7) is 0. The molecule has 0 aromatic heterocycles. The van der Waals surface area contributed by atoms with E-state index in [0.717, 1.165) is 30.0 Å². The van der Waals surface area contributed by atoms with Gasteiger partial charge in [-0.15, -0.1) is 0 Å². The monoisotopic (exact) mass is 486 g/mol. The summed E-state index contributed by atoms with van der Waals surface area (Å²) in [7, 11) is 0.401. The fraction of sp³-hybridized carbons (Fsp3) is 0.440. The van der Waals surface area contributed by atoms with Crippen LogP contribution >= 0.6 is 0 Å². The number of hydrogen-bond acceptors (Lipinski definition) is 6. The van der Waals surface area contributed by atoms with Crippen LogP contribution in [0.5, 0.6) is 5.75 Å². The lowest BCUT2D eigenvalue weighted by molar-refractivity contribution is -0.145. The Morgan fingerprint density at radius 3 is 2.35 bits per heavy atom.